The molecule has 1 aliphatic rings. The lowest BCUT2D eigenvalue weighted by Gasteiger charge is -2.29. The van der Waals surface area contributed by atoms with Gasteiger partial charge in [0.1, 0.15) is 4.60 Å². The van der Waals surface area contributed by atoms with Crippen LogP contribution in [0.15, 0.2) is 10.8 Å². The number of anilines is 2. The van der Waals surface area contributed by atoms with Gasteiger partial charge in [-0.25, -0.2) is 9.97 Å². The van der Waals surface area contributed by atoms with Crippen LogP contribution in [-0.2, 0) is 4.74 Å². The summed E-state index contributed by atoms with van der Waals surface area (Å²) < 4.78 is 6.00. The predicted molar refractivity (Wildman–Crippen MR) is 74.5 cm³/mol. The first-order chi connectivity index (χ1) is 8.65. The number of nitrogens with one attached hydrogen (secondary N) is 1. The minimum Gasteiger partial charge on any atom is -0.381 e. The molecule has 0 radical (unpaired) electrons. The summed E-state index contributed by atoms with van der Waals surface area (Å²) in [5.41, 5.74) is 5.78. The summed E-state index contributed by atoms with van der Waals surface area (Å²) >= 11 is 3.29. The lowest BCUT2D eigenvalue weighted by atomic mass is 10.3. The number of hydrogen-bond donors (Lipinski definition) is 2. The maximum atomic E-state index is 5.78. The Kier molecular flexibility index (Phi) is 4.73. The maximum absolute atomic E-state index is 5.78. The first kappa shape index (κ1) is 13.5. The minimum absolute atomic E-state index is 0.258. The van der Waals surface area contributed by atoms with Gasteiger partial charge in [-0.2, -0.15) is 0 Å². The fraction of sp³-hybridized carbons (Fsp3) is 0.636. The van der Waals surface area contributed by atoms with Crippen molar-refractivity contribution in [2.75, 3.05) is 43.9 Å². The largest absolute Gasteiger partial charge is 0.381 e. The van der Waals surface area contributed by atoms with Crippen molar-refractivity contribution in [1.29, 1.82) is 0 Å². The van der Waals surface area contributed by atoms with E-state index in [-0.39, 0.29) is 6.04 Å². The molecule has 2 rings (SSSR count). The third kappa shape index (κ3) is 3.79. The lowest BCUT2D eigenvalue weighted by molar-refractivity contribution is 0.0368. The first-order valence-corrected chi connectivity index (χ1v) is 6.79. The van der Waals surface area contributed by atoms with Crippen molar-refractivity contribution < 1.29 is 4.74 Å². The van der Waals surface area contributed by atoms with Gasteiger partial charge in [0, 0.05) is 25.7 Å². The van der Waals surface area contributed by atoms with Crippen LogP contribution in [0.5, 0.6) is 0 Å². The average molecular weight is 316 g/mol. The van der Waals surface area contributed by atoms with E-state index in [2.05, 4.69) is 43.0 Å². The number of halogens is 1. The number of nitrogen functional groups attached to an aromatic ring is 1. The third-order valence-electron chi connectivity index (χ3n) is 2.79. The summed E-state index contributed by atoms with van der Waals surface area (Å²) in [5, 5.41) is 3.29. The zero-order valence-electron chi connectivity index (χ0n) is 10.4. The summed E-state index contributed by atoms with van der Waals surface area (Å²) in [5.74, 6) is 1.05. The van der Waals surface area contributed by atoms with Crippen molar-refractivity contribution in [3.8, 4) is 0 Å². The van der Waals surface area contributed by atoms with E-state index in [1.807, 2.05) is 0 Å². The van der Waals surface area contributed by atoms with E-state index in [0.29, 0.717) is 16.2 Å². The molecule has 0 spiro atoms. The van der Waals surface area contributed by atoms with E-state index in [1.165, 1.54) is 0 Å². The number of nitrogens with two attached hydrogens (primary N) is 1. The van der Waals surface area contributed by atoms with Gasteiger partial charge in [-0.05, 0) is 22.9 Å². The Hall–Kier alpha value is -0.920. The molecule has 18 heavy (non-hydrogen) atoms. The molecule has 100 valence electrons. The molecule has 1 aliphatic heterocycles. The van der Waals surface area contributed by atoms with E-state index in [0.717, 1.165) is 32.8 Å². The molecule has 1 saturated heterocycles. The highest BCUT2D eigenvalue weighted by Crippen LogP contribution is 2.16. The molecular weight excluding hydrogens is 298 g/mol. The summed E-state index contributed by atoms with van der Waals surface area (Å²) in [7, 11) is 0. The molecule has 7 heteroatoms. The van der Waals surface area contributed by atoms with Gasteiger partial charge in [-0.15, -0.1) is 0 Å². The van der Waals surface area contributed by atoms with Crippen LogP contribution in [-0.4, -0.2) is 53.8 Å². The highest BCUT2D eigenvalue weighted by molar-refractivity contribution is 9.10. The molecule has 0 aliphatic carbocycles. The quantitative estimate of drug-likeness (QED) is 0.861. The van der Waals surface area contributed by atoms with Crippen LogP contribution >= 0.6 is 15.9 Å². The summed E-state index contributed by atoms with van der Waals surface area (Å²) in [4.78, 5) is 10.7. The molecule has 1 aromatic rings. The number of aromatic nitrogens is 2. The van der Waals surface area contributed by atoms with Crippen molar-refractivity contribution in [2.45, 2.75) is 13.0 Å². The fourth-order valence-electron chi connectivity index (χ4n) is 1.93. The van der Waals surface area contributed by atoms with Gasteiger partial charge in [0.05, 0.1) is 19.4 Å². The number of nitrogens with zero attached hydrogens (tertiary/aromatic N) is 3. The van der Waals surface area contributed by atoms with Gasteiger partial charge in [-0.1, -0.05) is 0 Å². The molecule has 1 atom stereocenters. The smallest absolute Gasteiger partial charge is 0.170 e. The molecule has 3 N–H and O–H groups in total. The van der Waals surface area contributed by atoms with Gasteiger partial charge >= 0.3 is 0 Å². The molecule has 1 fully saturated rings. The van der Waals surface area contributed by atoms with Gasteiger partial charge in [0.15, 0.2) is 11.6 Å². The van der Waals surface area contributed by atoms with Crippen molar-refractivity contribution in [2.24, 2.45) is 0 Å². The Bertz CT molecular complexity index is 397. The average Bonchev–Trinajstić information content (AvgIpc) is 2.35. The van der Waals surface area contributed by atoms with Crippen molar-refractivity contribution in [1.82, 2.24) is 14.9 Å². The van der Waals surface area contributed by atoms with Crippen molar-refractivity contribution >= 4 is 27.6 Å². The van der Waals surface area contributed by atoms with E-state index in [1.54, 1.807) is 6.20 Å². The summed E-state index contributed by atoms with van der Waals surface area (Å²) in [6.07, 6.45) is 1.59. The van der Waals surface area contributed by atoms with Gasteiger partial charge in [0.2, 0.25) is 0 Å². The Labute approximate surface area is 115 Å². The van der Waals surface area contributed by atoms with E-state index in [9.17, 15) is 0 Å². The first-order valence-electron chi connectivity index (χ1n) is 6.00. The molecule has 6 nitrogen and oxygen atoms in total. The second-order valence-corrected chi connectivity index (χ2v) is 5.20. The van der Waals surface area contributed by atoms with E-state index < -0.39 is 0 Å². The Morgan fingerprint density at radius 3 is 3.00 bits per heavy atom. The minimum atomic E-state index is 0.258. The van der Waals surface area contributed by atoms with E-state index in [4.69, 9.17) is 10.5 Å². The van der Waals surface area contributed by atoms with E-state index >= 15 is 0 Å². The predicted octanol–water partition coefficient (Wildman–Crippen LogP) is 0.954. The standard InChI is InChI=1S/C11H18BrN5O/c1-8(7-17-2-4-18-5-3-17)15-11-10(13)14-6-9(12)16-11/h6,8H,2-5,7H2,1H3,(H2,13,14)(H,15,16). The maximum Gasteiger partial charge on any atom is 0.170 e. The number of hydrogen-bond acceptors (Lipinski definition) is 6. The van der Waals surface area contributed by atoms with Crippen LogP contribution in [0, 0.1) is 0 Å². The van der Waals surface area contributed by atoms with Crippen LogP contribution in [0.3, 0.4) is 0 Å². The van der Waals surface area contributed by atoms with Gasteiger partial charge in [-0.3, -0.25) is 4.90 Å². The van der Waals surface area contributed by atoms with Gasteiger partial charge < -0.3 is 15.8 Å². The van der Waals surface area contributed by atoms with Crippen LogP contribution in [0.4, 0.5) is 11.6 Å². The Morgan fingerprint density at radius 2 is 2.28 bits per heavy atom. The van der Waals surface area contributed by atoms with Crippen LogP contribution in [0.1, 0.15) is 6.92 Å². The number of ether oxygens (including phenoxy) is 1. The van der Waals surface area contributed by atoms with Crippen molar-refractivity contribution in [3.63, 3.8) is 0 Å². The molecule has 1 unspecified atom stereocenters. The molecule has 0 saturated carbocycles. The monoisotopic (exact) mass is 315 g/mol. The third-order valence-corrected chi connectivity index (χ3v) is 3.17. The normalized spacial score (nSPS) is 18.6. The second kappa shape index (κ2) is 6.31. The fourth-order valence-corrected chi connectivity index (χ4v) is 2.21. The van der Waals surface area contributed by atoms with Crippen LogP contribution in [0.25, 0.3) is 0 Å². The Balaban J connectivity index is 1.89. The molecule has 0 bridgehead atoms. The molecule has 0 amide bonds. The van der Waals surface area contributed by atoms with Crippen LogP contribution in [0.2, 0.25) is 0 Å². The summed E-state index contributed by atoms with van der Waals surface area (Å²) in [6, 6.07) is 0.258. The molecular formula is C11H18BrN5O. The second-order valence-electron chi connectivity index (χ2n) is 4.38. The van der Waals surface area contributed by atoms with Crippen LogP contribution < -0.4 is 11.1 Å². The van der Waals surface area contributed by atoms with Crippen molar-refractivity contribution in [3.05, 3.63) is 10.8 Å². The topological polar surface area (TPSA) is 76.3 Å². The molecule has 2 heterocycles. The number of morpholine rings is 1. The highest BCUT2D eigenvalue weighted by Gasteiger charge is 2.15. The molecule has 0 aromatic carbocycles. The summed E-state index contributed by atoms with van der Waals surface area (Å²) in [6.45, 7) is 6.63. The number of rotatable bonds is 4. The highest BCUT2D eigenvalue weighted by atomic mass is 79.9. The SMILES string of the molecule is CC(CN1CCOCC1)Nc1nc(Br)cnc1N. The zero-order chi connectivity index (χ0) is 13.0. The zero-order valence-corrected chi connectivity index (χ0v) is 12.0. The lowest BCUT2D eigenvalue weighted by Crippen LogP contribution is -2.42. The molecule has 1 aromatic heterocycles. The van der Waals surface area contributed by atoms with Gasteiger partial charge in [0.25, 0.3) is 0 Å². The Morgan fingerprint density at radius 1 is 1.56 bits per heavy atom.